The first kappa shape index (κ1) is 9.05. The third-order valence-corrected chi connectivity index (χ3v) is 2.64. The summed E-state index contributed by atoms with van der Waals surface area (Å²) in [5.74, 6) is 2.32. The lowest BCUT2D eigenvalue weighted by Crippen LogP contribution is -2.33. The first-order valence-corrected chi connectivity index (χ1v) is 4.74. The molecule has 0 amide bonds. The summed E-state index contributed by atoms with van der Waals surface area (Å²) in [5.41, 5.74) is 6.01. The monoisotopic (exact) mass is 154 g/mol. The number of hydrogen-bond donors (Lipinski definition) is 1. The molecule has 1 heteroatoms. The fourth-order valence-electron chi connectivity index (χ4n) is 2.01. The van der Waals surface area contributed by atoms with Gasteiger partial charge < -0.3 is 5.73 Å². The highest BCUT2D eigenvalue weighted by atomic mass is 14.7. The topological polar surface area (TPSA) is 26.0 Å². The van der Waals surface area contributed by atoms with Gasteiger partial charge >= 0.3 is 0 Å². The molecule has 0 aromatic carbocycles. The first-order valence-electron chi connectivity index (χ1n) is 4.74. The van der Waals surface area contributed by atoms with Crippen molar-refractivity contribution < 1.29 is 0 Å². The van der Waals surface area contributed by atoms with Crippen LogP contribution < -0.4 is 5.73 Å². The van der Waals surface area contributed by atoms with Gasteiger partial charge in [-0.25, -0.2) is 0 Å². The Labute approximate surface area is 70.4 Å². The first-order chi connectivity index (χ1) is 5.20. The lowest BCUT2D eigenvalue weighted by molar-refractivity contribution is 0.297. The van der Waals surface area contributed by atoms with Crippen LogP contribution in [0.3, 0.4) is 0 Å². The van der Waals surface area contributed by atoms with Crippen LogP contribution in [0.2, 0.25) is 0 Å². The number of hydrogen-bond acceptors (Lipinski definition) is 1. The van der Waals surface area contributed by atoms with E-state index in [0.717, 1.165) is 5.92 Å². The Kier molecular flexibility index (Phi) is 3.38. The summed E-state index contributed by atoms with van der Waals surface area (Å²) in [5, 5.41) is 0. The molecule has 1 aliphatic rings. The maximum absolute atomic E-state index is 6.01. The molecule has 0 heterocycles. The third kappa shape index (κ3) is 2.82. The molecule has 65 valence electrons. The maximum Gasteiger partial charge on any atom is 0.00673 e. The lowest BCUT2D eigenvalue weighted by Gasteiger charge is -2.29. The SMILES string of the molecule is C[C](C)CC1CCCCC1N. The van der Waals surface area contributed by atoms with Gasteiger partial charge in [0.05, 0.1) is 0 Å². The van der Waals surface area contributed by atoms with Gasteiger partial charge in [0.15, 0.2) is 0 Å². The number of rotatable bonds is 2. The molecule has 1 rings (SSSR count). The molecule has 1 saturated carbocycles. The molecule has 11 heavy (non-hydrogen) atoms. The molecule has 0 aromatic rings. The molecular weight excluding hydrogens is 134 g/mol. The van der Waals surface area contributed by atoms with Crippen LogP contribution in [0.25, 0.3) is 0 Å². The highest BCUT2D eigenvalue weighted by Crippen LogP contribution is 2.28. The average molecular weight is 154 g/mol. The maximum atomic E-state index is 6.01. The van der Waals surface area contributed by atoms with E-state index in [1.54, 1.807) is 0 Å². The molecular formula is C10H20N. The number of nitrogens with two attached hydrogens (primary N) is 1. The van der Waals surface area contributed by atoms with Crippen molar-refractivity contribution in [3.8, 4) is 0 Å². The van der Waals surface area contributed by atoms with Crippen LogP contribution in [0.5, 0.6) is 0 Å². The minimum atomic E-state index is 0.485. The fraction of sp³-hybridized carbons (Fsp3) is 0.900. The molecule has 0 spiro atoms. The van der Waals surface area contributed by atoms with Gasteiger partial charge in [-0.15, -0.1) is 0 Å². The highest BCUT2D eigenvalue weighted by molar-refractivity contribution is 4.87. The van der Waals surface area contributed by atoms with Gasteiger partial charge in [-0.2, -0.15) is 0 Å². The van der Waals surface area contributed by atoms with E-state index in [-0.39, 0.29) is 0 Å². The van der Waals surface area contributed by atoms with E-state index < -0.39 is 0 Å². The minimum absolute atomic E-state index is 0.485. The van der Waals surface area contributed by atoms with E-state index in [1.165, 1.54) is 38.0 Å². The van der Waals surface area contributed by atoms with Crippen LogP contribution in [0.1, 0.15) is 46.0 Å². The summed E-state index contributed by atoms with van der Waals surface area (Å²) in [6.45, 7) is 4.42. The van der Waals surface area contributed by atoms with Gasteiger partial charge in [-0.1, -0.05) is 26.7 Å². The molecule has 0 saturated heterocycles. The van der Waals surface area contributed by atoms with Crippen LogP contribution in [0.15, 0.2) is 0 Å². The van der Waals surface area contributed by atoms with Crippen LogP contribution >= 0.6 is 0 Å². The molecule has 1 nitrogen and oxygen atoms in total. The Hall–Kier alpha value is -0.0400. The molecule has 1 aliphatic carbocycles. The largest absolute Gasteiger partial charge is 0.327 e. The quantitative estimate of drug-likeness (QED) is 0.649. The highest BCUT2D eigenvalue weighted by Gasteiger charge is 2.21. The second kappa shape index (κ2) is 4.10. The summed E-state index contributed by atoms with van der Waals surface area (Å²) in [6.07, 6.45) is 6.59. The normalized spacial score (nSPS) is 32.7. The van der Waals surface area contributed by atoms with Crippen LogP contribution in [0, 0.1) is 11.8 Å². The summed E-state index contributed by atoms with van der Waals surface area (Å²) in [6, 6.07) is 0.485. The van der Waals surface area contributed by atoms with Crippen molar-refractivity contribution in [2.45, 2.75) is 52.0 Å². The molecule has 2 unspecified atom stereocenters. The molecule has 2 atom stereocenters. The van der Waals surface area contributed by atoms with Gasteiger partial charge in [0.25, 0.3) is 0 Å². The predicted octanol–water partition coefficient (Wildman–Crippen LogP) is 2.51. The van der Waals surface area contributed by atoms with E-state index in [1.807, 2.05) is 0 Å². The molecule has 1 radical (unpaired) electrons. The molecule has 0 bridgehead atoms. The van der Waals surface area contributed by atoms with Gasteiger partial charge in [0, 0.05) is 6.04 Å². The zero-order chi connectivity index (χ0) is 8.27. The van der Waals surface area contributed by atoms with Crippen molar-refractivity contribution in [3.63, 3.8) is 0 Å². The standard InChI is InChI=1S/C10H20N/c1-8(2)7-9-5-3-4-6-10(9)11/h9-10H,3-7,11H2,1-2H3. The van der Waals surface area contributed by atoms with E-state index in [2.05, 4.69) is 13.8 Å². The second-order valence-electron chi connectivity index (χ2n) is 4.12. The average Bonchev–Trinajstić information content (AvgIpc) is 1.93. The minimum Gasteiger partial charge on any atom is -0.327 e. The summed E-state index contributed by atoms with van der Waals surface area (Å²) >= 11 is 0. The van der Waals surface area contributed by atoms with Gasteiger partial charge in [0.1, 0.15) is 0 Å². The molecule has 1 fully saturated rings. The Morgan fingerprint density at radius 2 is 1.91 bits per heavy atom. The van der Waals surface area contributed by atoms with Crippen molar-refractivity contribution in [1.29, 1.82) is 0 Å². The van der Waals surface area contributed by atoms with Gasteiger partial charge in [-0.05, 0) is 31.1 Å². The van der Waals surface area contributed by atoms with Crippen LogP contribution in [-0.2, 0) is 0 Å². The Morgan fingerprint density at radius 1 is 1.27 bits per heavy atom. The van der Waals surface area contributed by atoms with Crippen molar-refractivity contribution in [3.05, 3.63) is 5.92 Å². The third-order valence-electron chi connectivity index (χ3n) is 2.64. The van der Waals surface area contributed by atoms with Crippen LogP contribution in [-0.4, -0.2) is 6.04 Å². The molecule has 0 aliphatic heterocycles. The van der Waals surface area contributed by atoms with Crippen molar-refractivity contribution >= 4 is 0 Å². The predicted molar refractivity (Wildman–Crippen MR) is 49.1 cm³/mol. The summed E-state index contributed by atoms with van der Waals surface area (Å²) in [4.78, 5) is 0. The summed E-state index contributed by atoms with van der Waals surface area (Å²) < 4.78 is 0. The van der Waals surface area contributed by atoms with E-state index >= 15 is 0 Å². The van der Waals surface area contributed by atoms with Crippen molar-refractivity contribution in [2.75, 3.05) is 0 Å². The molecule has 0 aromatic heterocycles. The van der Waals surface area contributed by atoms with E-state index in [4.69, 9.17) is 5.73 Å². The smallest absolute Gasteiger partial charge is 0.00673 e. The van der Waals surface area contributed by atoms with Gasteiger partial charge in [-0.3, -0.25) is 0 Å². The Bertz CT molecular complexity index is 109. The molecule has 2 N–H and O–H groups in total. The second-order valence-corrected chi connectivity index (χ2v) is 4.12. The van der Waals surface area contributed by atoms with E-state index in [0.29, 0.717) is 6.04 Å². The Balaban J connectivity index is 2.29. The Morgan fingerprint density at radius 3 is 2.45 bits per heavy atom. The zero-order valence-electron chi connectivity index (χ0n) is 7.77. The lowest BCUT2D eigenvalue weighted by atomic mass is 9.80. The van der Waals surface area contributed by atoms with E-state index in [9.17, 15) is 0 Å². The van der Waals surface area contributed by atoms with Crippen molar-refractivity contribution in [2.24, 2.45) is 11.7 Å². The van der Waals surface area contributed by atoms with Crippen LogP contribution in [0.4, 0.5) is 0 Å². The van der Waals surface area contributed by atoms with Gasteiger partial charge in [0.2, 0.25) is 0 Å². The summed E-state index contributed by atoms with van der Waals surface area (Å²) in [7, 11) is 0. The fourth-order valence-corrected chi connectivity index (χ4v) is 2.01. The zero-order valence-corrected chi connectivity index (χ0v) is 7.77. The van der Waals surface area contributed by atoms with Crippen molar-refractivity contribution in [1.82, 2.24) is 0 Å².